The van der Waals surface area contributed by atoms with Gasteiger partial charge in [0.25, 0.3) is 0 Å². The number of hydrogen-bond acceptors (Lipinski definition) is 14. The van der Waals surface area contributed by atoms with Gasteiger partial charge in [-0.2, -0.15) is 0 Å². The third-order valence-electron chi connectivity index (χ3n) is 14.5. The van der Waals surface area contributed by atoms with E-state index in [1.165, 1.54) is 22.8 Å². The summed E-state index contributed by atoms with van der Waals surface area (Å²) in [5.74, 6) is -1.35. The van der Waals surface area contributed by atoms with Crippen molar-refractivity contribution in [3.63, 3.8) is 0 Å². The maximum atomic E-state index is 11.4. The lowest BCUT2D eigenvalue weighted by Gasteiger charge is -2.06. The highest BCUT2D eigenvalue weighted by Gasteiger charge is 2.18. The number of anilines is 1. The standard InChI is InChI=1S/C22H19N3O2.2C17H15NO3.C15H11NO4/c23-21(26)16-7-4-8-17(13-16)22-25-19-10-9-18(14-20(19)27-22)24-12-11-15-5-2-1-3-6-15;1-10(2)13-7-8-15-14(9-13)16(18-21-15)11-3-5-12(6-4-11)17(19)20;1-10(2)11-6-7-15-14(9-11)16(18-21-15)12-4-3-5-13(8-12)17(19)20;1-19-11-5-6-13-12(8-11)14(16-20-13)9-3-2-4-10(7-9)15(17)18/h1-10,13-14,24H,11-12H2,(H2,23,26);2*3-10H,1-2H3,(H,19,20);2-8H,1H3,(H,17,18). The number of benzene rings is 9. The summed E-state index contributed by atoms with van der Waals surface area (Å²) >= 11 is 0. The lowest BCUT2D eigenvalue weighted by atomic mass is 9.99. The zero-order chi connectivity index (χ0) is 62.7. The maximum Gasteiger partial charge on any atom is 0.335 e. The van der Waals surface area contributed by atoms with Crippen LogP contribution in [0.2, 0.25) is 0 Å². The molecular formula is C71H60N6O12. The lowest BCUT2D eigenvalue weighted by Crippen LogP contribution is -2.10. The predicted molar refractivity (Wildman–Crippen MR) is 341 cm³/mol. The third kappa shape index (κ3) is 14.4. The van der Waals surface area contributed by atoms with Crippen LogP contribution in [0.25, 0.3) is 89.2 Å². The van der Waals surface area contributed by atoms with Gasteiger partial charge in [-0.3, -0.25) is 4.79 Å². The smallest absolute Gasteiger partial charge is 0.335 e. The average Bonchev–Trinajstić information content (AvgIpc) is 3.09. The van der Waals surface area contributed by atoms with Crippen molar-refractivity contribution >= 4 is 73.5 Å². The first kappa shape index (κ1) is 60.5. The number of nitrogens with two attached hydrogens (primary N) is 1. The van der Waals surface area contributed by atoms with E-state index < -0.39 is 23.8 Å². The number of hydrogen-bond donors (Lipinski definition) is 5. The molecule has 13 aromatic rings. The average molecular weight is 1190 g/mol. The van der Waals surface area contributed by atoms with Crippen LogP contribution in [0.4, 0.5) is 5.69 Å². The van der Waals surface area contributed by atoms with Gasteiger partial charge in [0.2, 0.25) is 11.8 Å². The summed E-state index contributed by atoms with van der Waals surface area (Å²) in [6.45, 7) is 9.35. The fourth-order valence-electron chi connectivity index (χ4n) is 9.63. The van der Waals surface area contributed by atoms with Crippen molar-refractivity contribution in [3.05, 3.63) is 239 Å². The molecule has 13 rings (SSSR count). The largest absolute Gasteiger partial charge is 0.497 e. The number of carboxylic acids is 3. The number of nitrogens with zero attached hydrogens (tertiary/aromatic N) is 4. The summed E-state index contributed by atoms with van der Waals surface area (Å²) in [6.07, 6.45) is 0.945. The van der Waals surface area contributed by atoms with Crippen molar-refractivity contribution in [3.8, 4) is 51.0 Å². The van der Waals surface area contributed by atoms with E-state index in [1.54, 1.807) is 98.1 Å². The van der Waals surface area contributed by atoms with E-state index in [2.05, 4.69) is 77.7 Å². The van der Waals surface area contributed by atoms with Crippen LogP contribution in [0.15, 0.2) is 218 Å². The zero-order valence-electron chi connectivity index (χ0n) is 49.0. The van der Waals surface area contributed by atoms with E-state index in [0.29, 0.717) is 62.7 Å². The molecule has 0 radical (unpaired) electrons. The zero-order valence-corrected chi connectivity index (χ0v) is 49.0. The van der Waals surface area contributed by atoms with Crippen LogP contribution < -0.4 is 15.8 Å². The Morgan fingerprint density at radius 3 is 1.49 bits per heavy atom. The van der Waals surface area contributed by atoms with Crippen LogP contribution in [-0.2, 0) is 6.42 Å². The Morgan fingerprint density at radius 2 is 0.978 bits per heavy atom. The van der Waals surface area contributed by atoms with Gasteiger partial charge in [0.1, 0.15) is 28.3 Å². The Kier molecular flexibility index (Phi) is 18.4. The van der Waals surface area contributed by atoms with Crippen molar-refractivity contribution in [1.82, 2.24) is 20.5 Å². The van der Waals surface area contributed by atoms with E-state index in [9.17, 15) is 19.2 Å². The molecule has 4 aromatic heterocycles. The molecule has 0 bridgehead atoms. The van der Waals surface area contributed by atoms with Gasteiger partial charge in [0, 0.05) is 56.9 Å². The molecule has 89 heavy (non-hydrogen) atoms. The van der Waals surface area contributed by atoms with Crippen molar-refractivity contribution in [2.75, 3.05) is 19.0 Å². The molecule has 6 N–H and O–H groups in total. The van der Waals surface area contributed by atoms with E-state index in [4.69, 9.17) is 43.8 Å². The second-order valence-electron chi connectivity index (χ2n) is 21.2. The van der Waals surface area contributed by atoms with Crippen LogP contribution in [0, 0.1) is 0 Å². The highest BCUT2D eigenvalue weighted by atomic mass is 16.5. The summed E-state index contributed by atoms with van der Waals surface area (Å²) in [5.41, 5.74) is 19.7. The number of carbonyl (C=O) groups is 4. The molecule has 0 aliphatic rings. The molecule has 446 valence electrons. The van der Waals surface area contributed by atoms with Gasteiger partial charge in [0.15, 0.2) is 22.3 Å². The number of methoxy groups -OCH3 is 1. The summed E-state index contributed by atoms with van der Waals surface area (Å²) in [4.78, 5) is 48.9. The van der Waals surface area contributed by atoms with Crippen molar-refractivity contribution in [2.45, 2.75) is 46.0 Å². The molecule has 18 heteroatoms. The van der Waals surface area contributed by atoms with Gasteiger partial charge < -0.3 is 49.1 Å². The maximum absolute atomic E-state index is 11.4. The molecule has 0 unspecified atom stereocenters. The minimum absolute atomic E-state index is 0.210. The Hall–Kier alpha value is -11.7. The Morgan fingerprint density at radius 1 is 0.483 bits per heavy atom. The Balaban J connectivity index is 0.000000132. The monoisotopic (exact) mass is 1190 g/mol. The molecule has 4 heterocycles. The van der Waals surface area contributed by atoms with Crippen molar-refractivity contribution in [2.24, 2.45) is 5.73 Å². The summed E-state index contributed by atoms with van der Waals surface area (Å²) in [6, 6.07) is 60.5. The van der Waals surface area contributed by atoms with Crippen LogP contribution in [0.5, 0.6) is 5.75 Å². The number of fused-ring (bicyclic) bond motifs is 4. The number of carboxylic acid groups (broad SMARTS) is 3. The number of amides is 1. The topological polar surface area (TPSA) is 280 Å². The number of primary amides is 1. The molecule has 1 amide bonds. The number of nitrogens with one attached hydrogen (secondary N) is 1. The van der Waals surface area contributed by atoms with Crippen molar-refractivity contribution in [1.29, 1.82) is 0 Å². The molecule has 0 spiro atoms. The van der Waals surface area contributed by atoms with Gasteiger partial charge in [-0.15, -0.1) is 0 Å². The van der Waals surface area contributed by atoms with Crippen molar-refractivity contribution < 1.29 is 57.2 Å². The molecule has 18 nitrogen and oxygen atoms in total. The minimum atomic E-state index is -0.975. The number of aromatic carboxylic acids is 3. The second-order valence-corrected chi connectivity index (χ2v) is 21.2. The highest BCUT2D eigenvalue weighted by molar-refractivity contribution is 5.98. The summed E-state index contributed by atoms with van der Waals surface area (Å²) in [5, 5.41) is 45.4. The Bertz CT molecular complexity index is 4680. The number of rotatable bonds is 15. The van der Waals surface area contributed by atoms with E-state index in [1.807, 2.05) is 78.9 Å². The molecule has 0 fully saturated rings. The summed E-state index contributed by atoms with van der Waals surface area (Å²) < 4.78 is 27.0. The van der Waals surface area contributed by atoms with Crippen LogP contribution >= 0.6 is 0 Å². The molecule has 0 saturated carbocycles. The predicted octanol–water partition coefficient (Wildman–Crippen LogP) is 16.1. The minimum Gasteiger partial charge on any atom is -0.497 e. The van der Waals surface area contributed by atoms with E-state index in [-0.39, 0.29) is 16.7 Å². The third-order valence-corrected chi connectivity index (χ3v) is 14.5. The molecule has 0 atom stereocenters. The fraction of sp³-hybridized carbons (Fsp3) is 0.127. The van der Waals surface area contributed by atoms with Gasteiger partial charge in [-0.1, -0.05) is 128 Å². The first-order valence-electron chi connectivity index (χ1n) is 28.3. The fourth-order valence-corrected chi connectivity index (χ4v) is 9.63. The Labute approximate surface area is 509 Å². The molecule has 9 aromatic carbocycles. The first-order chi connectivity index (χ1) is 43.0. The highest BCUT2D eigenvalue weighted by Crippen LogP contribution is 2.35. The van der Waals surface area contributed by atoms with Gasteiger partial charge >= 0.3 is 17.9 Å². The van der Waals surface area contributed by atoms with Crippen LogP contribution in [0.3, 0.4) is 0 Å². The normalized spacial score (nSPS) is 11.0. The number of carbonyl (C=O) groups excluding carboxylic acids is 1. The number of aromatic nitrogens is 4. The van der Waals surface area contributed by atoms with E-state index in [0.717, 1.165) is 68.3 Å². The van der Waals surface area contributed by atoms with Gasteiger partial charge in [-0.05, 0) is 144 Å². The van der Waals surface area contributed by atoms with E-state index >= 15 is 0 Å². The molecule has 0 aliphatic carbocycles. The summed E-state index contributed by atoms with van der Waals surface area (Å²) in [7, 11) is 1.58. The SMILES string of the molecule is CC(C)c1ccc2onc(-c3ccc(C(=O)O)cc3)c2c1.CC(C)c1ccc2onc(-c3cccc(C(=O)O)c3)c2c1.COc1ccc2onc(-c3cccc(C(=O)O)c3)c2c1.NC(=O)c1cccc(-c2nc3ccc(NCCc4ccccc4)cc3o2)c1. The molecule has 0 aliphatic heterocycles. The first-order valence-corrected chi connectivity index (χ1v) is 28.3. The number of oxazole rings is 1. The number of ether oxygens (including phenoxy) is 1. The van der Waals surface area contributed by atoms with Crippen LogP contribution in [-0.4, -0.2) is 73.2 Å². The molecule has 0 saturated heterocycles. The quantitative estimate of drug-likeness (QED) is 0.0638. The molecular weight excluding hydrogens is 1130 g/mol. The van der Waals surface area contributed by atoms with Gasteiger partial charge in [0.05, 0.1) is 29.2 Å². The van der Waals surface area contributed by atoms with Crippen LogP contribution in [0.1, 0.15) is 97.7 Å². The second kappa shape index (κ2) is 27.1. The lowest BCUT2D eigenvalue weighted by molar-refractivity contribution is 0.0686. The van der Waals surface area contributed by atoms with Gasteiger partial charge in [-0.25, -0.2) is 19.4 Å².